The third-order valence-electron chi connectivity index (χ3n) is 6.80. The summed E-state index contributed by atoms with van der Waals surface area (Å²) in [5.74, 6) is 0.361. The maximum Gasteiger partial charge on any atom is 0.332 e. The second-order valence-corrected chi connectivity index (χ2v) is 8.98. The van der Waals surface area contributed by atoms with E-state index >= 15 is 0 Å². The van der Waals surface area contributed by atoms with Crippen LogP contribution in [-0.2, 0) is 17.9 Å². The molecule has 0 bridgehead atoms. The Morgan fingerprint density at radius 2 is 1.66 bits per heavy atom. The van der Waals surface area contributed by atoms with Crippen molar-refractivity contribution in [1.29, 1.82) is 0 Å². The Bertz CT molecular complexity index is 1300. The minimum absolute atomic E-state index is 0.245. The minimum Gasteiger partial charge on any atom is -0.478 e. The smallest absolute Gasteiger partial charge is 0.332 e. The Morgan fingerprint density at radius 3 is 2.22 bits per heavy atom. The number of carboxylic acid groups (broad SMARTS) is 1. The number of aromatic nitrogens is 4. The first kappa shape index (κ1) is 20.5. The predicted molar refractivity (Wildman–Crippen MR) is 121 cm³/mol. The van der Waals surface area contributed by atoms with Crippen LogP contribution in [0, 0.1) is 11.8 Å². The molecule has 8 heteroatoms. The second kappa shape index (κ2) is 8.26. The van der Waals surface area contributed by atoms with Crippen LogP contribution in [0.25, 0.3) is 28.6 Å². The molecule has 2 aliphatic carbocycles. The topological polar surface area (TPSA) is 110 Å². The van der Waals surface area contributed by atoms with Crippen LogP contribution in [0.15, 0.2) is 39.9 Å². The zero-order chi connectivity index (χ0) is 22.2. The molecule has 0 amide bonds. The largest absolute Gasteiger partial charge is 0.478 e. The van der Waals surface area contributed by atoms with Gasteiger partial charge in [0, 0.05) is 24.7 Å². The third-order valence-corrected chi connectivity index (χ3v) is 6.80. The van der Waals surface area contributed by atoms with Crippen molar-refractivity contribution in [2.24, 2.45) is 11.8 Å². The number of carbonyl (C=O) groups is 1. The SMILES string of the molecule is O=C(O)C=Cc1ccc(-c2nc3c(=O)n(CC4CCC4)c(=O)n(CC4CCC4)c3[nH]2)cc1. The van der Waals surface area contributed by atoms with E-state index in [-0.39, 0.29) is 11.2 Å². The number of carboxylic acids is 1. The van der Waals surface area contributed by atoms with Crippen molar-refractivity contribution in [2.45, 2.75) is 51.6 Å². The Labute approximate surface area is 184 Å². The van der Waals surface area contributed by atoms with Crippen molar-refractivity contribution in [2.75, 3.05) is 0 Å². The summed E-state index contributed by atoms with van der Waals surface area (Å²) in [5.41, 5.74) is 1.73. The van der Waals surface area contributed by atoms with E-state index in [4.69, 9.17) is 5.11 Å². The Hall–Kier alpha value is -3.42. The van der Waals surface area contributed by atoms with Gasteiger partial charge in [0.1, 0.15) is 11.5 Å². The molecule has 3 aromatic rings. The van der Waals surface area contributed by atoms with Gasteiger partial charge in [-0.3, -0.25) is 13.9 Å². The average Bonchev–Trinajstić information content (AvgIpc) is 3.15. The summed E-state index contributed by atoms with van der Waals surface area (Å²) in [6.45, 7) is 1.06. The quantitative estimate of drug-likeness (QED) is 0.555. The molecule has 2 saturated carbocycles. The number of hydrogen-bond donors (Lipinski definition) is 2. The van der Waals surface area contributed by atoms with Crippen LogP contribution < -0.4 is 11.2 Å². The Morgan fingerprint density at radius 1 is 1.03 bits per heavy atom. The van der Waals surface area contributed by atoms with Gasteiger partial charge in [0.15, 0.2) is 5.52 Å². The lowest BCUT2D eigenvalue weighted by Gasteiger charge is -2.28. The summed E-state index contributed by atoms with van der Waals surface area (Å²) >= 11 is 0. The fourth-order valence-electron chi connectivity index (χ4n) is 4.42. The van der Waals surface area contributed by atoms with Crippen molar-refractivity contribution in [1.82, 2.24) is 19.1 Å². The molecule has 5 rings (SSSR count). The molecule has 1 aromatic carbocycles. The number of H-pyrrole nitrogens is 1. The number of imidazole rings is 1. The number of benzene rings is 1. The summed E-state index contributed by atoms with van der Waals surface area (Å²) in [7, 11) is 0. The molecule has 0 radical (unpaired) electrons. The minimum atomic E-state index is -1.01. The van der Waals surface area contributed by atoms with Crippen LogP contribution in [0.3, 0.4) is 0 Å². The molecule has 166 valence electrons. The second-order valence-electron chi connectivity index (χ2n) is 8.98. The van der Waals surface area contributed by atoms with Gasteiger partial charge in [-0.25, -0.2) is 14.6 Å². The third kappa shape index (κ3) is 3.81. The van der Waals surface area contributed by atoms with E-state index in [1.807, 2.05) is 12.1 Å². The molecular formula is C24H26N4O4. The lowest BCUT2D eigenvalue weighted by molar-refractivity contribution is -0.131. The zero-order valence-electron chi connectivity index (χ0n) is 17.8. The summed E-state index contributed by atoms with van der Waals surface area (Å²) in [5, 5.41) is 8.78. The monoisotopic (exact) mass is 434 g/mol. The molecule has 2 fully saturated rings. The van der Waals surface area contributed by atoms with Gasteiger partial charge in [-0.05, 0) is 49.2 Å². The molecule has 32 heavy (non-hydrogen) atoms. The number of fused-ring (bicyclic) bond motifs is 1. The summed E-state index contributed by atoms with van der Waals surface area (Å²) in [6.07, 6.45) is 9.25. The average molecular weight is 434 g/mol. The van der Waals surface area contributed by atoms with Gasteiger partial charge in [-0.1, -0.05) is 37.1 Å². The zero-order valence-corrected chi connectivity index (χ0v) is 17.8. The first-order valence-corrected chi connectivity index (χ1v) is 11.2. The molecule has 0 spiro atoms. The molecule has 2 aliphatic rings. The van der Waals surface area contributed by atoms with Gasteiger partial charge in [-0.15, -0.1) is 0 Å². The molecule has 0 aliphatic heterocycles. The Balaban J connectivity index is 1.57. The maximum atomic E-state index is 13.3. The van der Waals surface area contributed by atoms with E-state index in [2.05, 4.69) is 9.97 Å². The van der Waals surface area contributed by atoms with E-state index < -0.39 is 5.97 Å². The lowest BCUT2D eigenvalue weighted by atomic mass is 9.85. The highest BCUT2D eigenvalue weighted by Crippen LogP contribution is 2.29. The summed E-state index contributed by atoms with van der Waals surface area (Å²) < 4.78 is 3.09. The summed E-state index contributed by atoms with van der Waals surface area (Å²) in [4.78, 5) is 45.0. The molecule has 2 N–H and O–H groups in total. The number of rotatable bonds is 7. The fraction of sp³-hybridized carbons (Fsp3) is 0.417. The van der Waals surface area contributed by atoms with E-state index in [1.54, 1.807) is 16.7 Å². The van der Waals surface area contributed by atoms with E-state index in [0.29, 0.717) is 41.9 Å². The van der Waals surface area contributed by atoms with Crippen LogP contribution in [-0.4, -0.2) is 30.2 Å². The van der Waals surface area contributed by atoms with Gasteiger partial charge >= 0.3 is 11.7 Å². The highest BCUT2D eigenvalue weighted by atomic mass is 16.4. The van der Waals surface area contributed by atoms with Crippen LogP contribution in [0.1, 0.15) is 44.1 Å². The van der Waals surface area contributed by atoms with E-state index in [1.165, 1.54) is 17.1 Å². The molecular weight excluding hydrogens is 408 g/mol. The molecule has 0 saturated heterocycles. The standard InChI is InChI=1S/C24H26N4O4/c29-19(30)12-9-15-7-10-18(11-8-15)21-25-20-22(26-21)27(13-16-3-1-4-16)24(32)28(23(20)31)14-17-5-2-6-17/h7-12,16-17H,1-6,13-14H2,(H,25,26)(H,29,30). The predicted octanol–water partition coefficient (Wildman–Crippen LogP) is 3.25. The number of nitrogens with zero attached hydrogens (tertiary/aromatic N) is 3. The molecule has 0 atom stereocenters. The van der Waals surface area contributed by atoms with Crippen molar-refractivity contribution in [3.05, 3.63) is 56.7 Å². The van der Waals surface area contributed by atoms with Gasteiger partial charge in [-0.2, -0.15) is 0 Å². The van der Waals surface area contributed by atoms with E-state index in [9.17, 15) is 14.4 Å². The highest BCUT2D eigenvalue weighted by molar-refractivity contribution is 5.85. The normalized spacial score (nSPS) is 17.0. The first-order valence-electron chi connectivity index (χ1n) is 11.2. The lowest BCUT2D eigenvalue weighted by Crippen LogP contribution is -2.43. The van der Waals surface area contributed by atoms with Gasteiger partial charge < -0.3 is 10.1 Å². The van der Waals surface area contributed by atoms with Gasteiger partial charge in [0.05, 0.1) is 0 Å². The van der Waals surface area contributed by atoms with Crippen molar-refractivity contribution >= 4 is 23.2 Å². The highest BCUT2D eigenvalue weighted by Gasteiger charge is 2.26. The number of hydrogen-bond acceptors (Lipinski definition) is 4. The fourth-order valence-corrected chi connectivity index (χ4v) is 4.42. The van der Waals surface area contributed by atoms with Crippen LogP contribution in [0.5, 0.6) is 0 Å². The van der Waals surface area contributed by atoms with Crippen molar-refractivity contribution < 1.29 is 9.90 Å². The van der Waals surface area contributed by atoms with Crippen molar-refractivity contribution in [3.8, 4) is 11.4 Å². The van der Waals surface area contributed by atoms with Crippen LogP contribution in [0.4, 0.5) is 0 Å². The van der Waals surface area contributed by atoms with Gasteiger partial charge in [0.2, 0.25) is 0 Å². The molecule has 8 nitrogen and oxygen atoms in total. The molecule has 0 unspecified atom stereocenters. The first-order chi connectivity index (χ1) is 15.5. The number of aromatic amines is 1. The van der Waals surface area contributed by atoms with Crippen LogP contribution in [0.2, 0.25) is 0 Å². The molecule has 2 heterocycles. The molecule has 2 aromatic heterocycles. The Kier molecular flexibility index (Phi) is 5.28. The number of nitrogens with one attached hydrogen (secondary N) is 1. The maximum absolute atomic E-state index is 13.3. The van der Waals surface area contributed by atoms with E-state index in [0.717, 1.165) is 49.3 Å². The summed E-state index contributed by atoms with van der Waals surface area (Å²) in [6, 6.07) is 7.22. The van der Waals surface area contributed by atoms with Crippen molar-refractivity contribution in [3.63, 3.8) is 0 Å². The number of aliphatic carboxylic acids is 1. The van der Waals surface area contributed by atoms with Gasteiger partial charge in [0.25, 0.3) is 5.56 Å². The van der Waals surface area contributed by atoms with Crippen LogP contribution >= 0.6 is 0 Å².